The van der Waals surface area contributed by atoms with Crippen LogP contribution in [0.1, 0.15) is 5.56 Å². The van der Waals surface area contributed by atoms with Gasteiger partial charge in [0.25, 0.3) is 0 Å². The summed E-state index contributed by atoms with van der Waals surface area (Å²) in [6.45, 7) is 1.91. The Hall–Kier alpha value is -1.93. The highest BCUT2D eigenvalue weighted by Gasteiger charge is 2.08. The molecule has 23 heavy (non-hydrogen) atoms. The summed E-state index contributed by atoms with van der Waals surface area (Å²) >= 11 is 0. The Labute approximate surface area is 137 Å². The van der Waals surface area contributed by atoms with Gasteiger partial charge in [0, 0.05) is 33.5 Å². The maximum absolute atomic E-state index is 11.8. The molecule has 1 N–H and O–H groups in total. The van der Waals surface area contributed by atoms with Crippen LogP contribution in [0.3, 0.4) is 0 Å². The first-order valence-electron chi connectivity index (χ1n) is 6.76. The SMILES string of the molecule is Cc1ccc(NS(C)(=O)=O)cc1-c1cccc(N=S(C)(C)=O)n1. The summed E-state index contributed by atoms with van der Waals surface area (Å²) in [7, 11) is -5.65. The summed E-state index contributed by atoms with van der Waals surface area (Å²) in [6, 6.07) is 10.5. The van der Waals surface area contributed by atoms with E-state index in [1.54, 1.807) is 42.8 Å². The molecular weight excluding hydrogens is 334 g/mol. The highest BCUT2D eigenvalue weighted by Crippen LogP contribution is 2.27. The van der Waals surface area contributed by atoms with E-state index in [-0.39, 0.29) is 0 Å². The van der Waals surface area contributed by atoms with Gasteiger partial charge in [0.1, 0.15) is 0 Å². The van der Waals surface area contributed by atoms with Crippen LogP contribution in [-0.2, 0) is 19.8 Å². The lowest BCUT2D eigenvalue weighted by Crippen LogP contribution is -2.09. The summed E-state index contributed by atoms with van der Waals surface area (Å²) in [5.74, 6) is 0.387. The third-order valence-corrected chi connectivity index (χ3v) is 4.10. The minimum absolute atomic E-state index is 0.387. The van der Waals surface area contributed by atoms with Gasteiger partial charge in [0.05, 0.1) is 11.9 Å². The number of benzene rings is 1. The van der Waals surface area contributed by atoms with Crippen molar-refractivity contribution < 1.29 is 12.6 Å². The number of rotatable bonds is 4. The molecule has 0 saturated carbocycles. The summed E-state index contributed by atoms with van der Waals surface area (Å²) in [4.78, 5) is 4.40. The van der Waals surface area contributed by atoms with Gasteiger partial charge in [-0.3, -0.25) is 4.72 Å². The molecule has 0 atom stereocenters. The van der Waals surface area contributed by atoms with E-state index in [0.29, 0.717) is 17.2 Å². The Morgan fingerprint density at radius 2 is 1.74 bits per heavy atom. The second-order valence-corrected chi connectivity index (χ2v) is 9.85. The van der Waals surface area contributed by atoms with Crippen molar-refractivity contribution in [2.75, 3.05) is 23.5 Å². The van der Waals surface area contributed by atoms with Crippen LogP contribution in [0.15, 0.2) is 40.8 Å². The molecule has 0 aliphatic carbocycles. The molecule has 0 radical (unpaired) electrons. The third-order valence-electron chi connectivity index (χ3n) is 2.86. The first-order chi connectivity index (χ1) is 10.5. The number of hydrogen-bond acceptors (Lipinski definition) is 5. The van der Waals surface area contributed by atoms with E-state index in [1.165, 1.54) is 0 Å². The number of sulfonamides is 1. The number of nitrogens with one attached hydrogen (secondary N) is 1. The molecule has 0 bridgehead atoms. The fourth-order valence-corrected chi connectivity index (χ4v) is 3.13. The Morgan fingerprint density at radius 3 is 2.35 bits per heavy atom. The van der Waals surface area contributed by atoms with Gasteiger partial charge in [-0.05, 0) is 36.8 Å². The Balaban J connectivity index is 2.52. The lowest BCUT2D eigenvalue weighted by molar-refractivity contribution is 0.607. The molecule has 1 aromatic heterocycles. The van der Waals surface area contributed by atoms with Crippen LogP contribution in [0, 0.1) is 6.92 Å². The van der Waals surface area contributed by atoms with E-state index in [2.05, 4.69) is 14.1 Å². The number of aryl methyl sites for hydroxylation is 1. The number of aromatic nitrogens is 1. The fourth-order valence-electron chi connectivity index (χ4n) is 2.02. The van der Waals surface area contributed by atoms with Gasteiger partial charge in [0.2, 0.25) is 10.0 Å². The molecular formula is C15H19N3O3S2. The van der Waals surface area contributed by atoms with Crippen molar-refractivity contribution in [3.05, 3.63) is 42.0 Å². The van der Waals surface area contributed by atoms with Gasteiger partial charge >= 0.3 is 0 Å². The van der Waals surface area contributed by atoms with Crippen molar-refractivity contribution >= 4 is 31.3 Å². The van der Waals surface area contributed by atoms with E-state index < -0.39 is 19.8 Å². The van der Waals surface area contributed by atoms with Crippen LogP contribution >= 0.6 is 0 Å². The minimum Gasteiger partial charge on any atom is -0.284 e. The second kappa shape index (κ2) is 6.29. The second-order valence-electron chi connectivity index (χ2n) is 5.56. The molecule has 0 aliphatic heterocycles. The zero-order chi connectivity index (χ0) is 17.3. The average molecular weight is 353 g/mol. The fraction of sp³-hybridized carbons (Fsp3) is 0.267. The highest BCUT2D eigenvalue weighted by molar-refractivity contribution is 7.92. The molecule has 0 fully saturated rings. The highest BCUT2D eigenvalue weighted by atomic mass is 32.2. The van der Waals surface area contributed by atoms with Crippen LogP contribution < -0.4 is 4.72 Å². The smallest absolute Gasteiger partial charge is 0.229 e. The molecule has 124 valence electrons. The van der Waals surface area contributed by atoms with Crippen molar-refractivity contribution in [1.29, 1.82) is 0 Å². The zero-order valence-electron chi connectivity index (χ0n) is 13.4. The van der Waals surface area contributed by atoms with Crippen molar-refractivity contribution in [3.63, 3.8) is 0 Å². The number of hydrogen-bond donors (Lipinski definition) is 1. The van der Waals surface area contributed by atoms with Crippen molar-refractivity contribution in [2.45, 2.75) is 6.92 Å². The topological polar surface area (TPSA) is 88.5 Å². The van der Waals surface area contributed by atoms with E-state index in [0.717, 1.165) is 17.4 Å². The first kappa shape index (κ1) is 17.4. The zero-order valence-corrected chi connectivity index (χ0v) is 15.0. The van der Waals surface area contributed by atoms with E-state index in [1.807, 2.05) is 13.0 Å². The lowest BCUT2D eigenvalue weighted by Gasteiger charge is -2.10. The van der Waals surface area contributed by atoms with Crippen molar-refractivity contribution in [2.24, 2.45) is 4.36 Å². The number of nitrogens with zero attached hydrogens (tertiary/aromatic N) is 2. The van der Waals surface area contributed by atoms with Crippen LogP contribution in [-0.4, -0.2) is 36.4 Å². The van der Waals surface area contributed by atoms with Crippen LogP contribution in [0.5, 0.6) is 0 Å². The summed E-state index contributed by atoms with van der Waals surface area (Å²) in [6.07, 6.45) is 4.19. The summed E-state index contributed by atoms with van der Waals surface area (Å²) in [5, 5.41) is 0. The maximum Gasteiger partial charge on any atom is 0.229 e. The van der Waals surface area contributed by atoms with E-state index in [9.17, 15) is 12.6 Å². The largest absolute Gasteiger partial charge is 0.284 e. The van der Waals surface area contributed by atoms with Gasteiger partial charge in [-0.15, -0.1) is 0 Å². The Kier molecular flexibility index (Phi) is 4.76. The van der Waals surface area contributed by atoms with E-state index >= 15 is 0 Å². The van der Waals surface area contributed by atoms with Gasteiger partial charge in [0.15, 0.2) is 5.82 Å². The number of pyridine rings is 1. The predicted molar refractivity (Wildman–Crippen MR) is 95.0 cm³/mol. The molecule has 6 nitrogen and oxygen atoms in total. The van der Waals surface area contributed by atoms with Gasteiger partial charge < -0.3 is 0 Å². The van der Waals surface area contributed by atoms with Gasteiger partial charge in [-0.25, -0.2) is 17.6 Å². The summed E-state index contributed by atoms with van der Waals surface area (Å²) in [5.41, 5.74) is 2.84. The number of anilines is 1. The monoisotopic (exact) mass is 353 g/mol. The molecule has 2 aromatic rings. The van der Waals surface area contributed by atoms with Crippen LogP contribution in [0.25, 0.3) is 11.3 Å². The Morgan fingerprint density at radius 1 is 1.04 bits per heavy atom. The van der Waals surface area contributed by atoms with Crippen LogP contribution in [0.2, 0.25) is 0 Å². The minimum atomic E-state index is -3.35. The molecule has 0 saturated heterocycles. The molecule has 2 rings (SSSR count). The van der Waals surface area contributed by atoms with Crippen molar-refractivity contribution in [1.82, 2.24) is 4.98 Å². The average Bonchev–Trinajstić information content (AvgIpc) is 2.37. The lowest BCUT2D eigenvalue weighted by atomic mass is 10.0. The molecule has 0 aliphatic rings. The molecule has 1 aromatic carbocycles. The first-order valence-corrected chi connectivity index (χ1v) is 11.0. The van der Waals surface area contributed by atoms with Crippen molar-refractivity contribution in [3.8, 4) is 11.3 Å². The van der Waals surface area contributed by atoms with Gasteiger partial charge in [-0.1, -0.05) is 12.1 Å². The molecule has 0 amide bonds. The third kappa shape index (κ3) is 5.33. The molecule has 1 heterocycles. The molecule has 0 unspecified atom stereocenters. The predicted octanol–water partition coefficient (Wildman–Crippen LogP) is 2.79. The maximum atomic E-state index is 11.8. The van der Waals surface area contributed by atoms with Gasteiger partial charge in [-0.2, -0.15) is 4.36 Å². The quantitative estimate of drug-likeness (QED) is 0.915. The summed E-state index contributed by atoms with van der Waals surface area (Å²) < 4.78 is 41.1. The normalized spacial score (nSPS) is 12.0. The van der Waals surface area contributed by atoms with E-state index in [4.69, 9.17) is 0 Å². The standard InChI is InChI=1S/C15H19N3O3S2/c1-11-8-9-12(17-23(4,20)21)10-13(11)14-6-5-7-15(16-14)18-22(2,3)19/h5-10,17H,1-4H3. The molecule has 0 spiro atoms. The Bertz CT molecular complexity index is 952. The molecule has 8 heteroatoms. The van der Waals surface area contributed by atoms with Crippen LogP contribution in [0.4, 0.5) is 11.5 Å².